The second-order valence-electron chi connectivity index (χ2n) is 5.70. The van der Waals surface area contributed by atoms with E-state index in [0.29, 0.717) is 10.6 Å². The Balaban J connectivity index is 2.76. The molecule has 0 bridgehead atoms. The second kappa shape index (κ2) is 4.13. The Hall–Kier alpha value is -0.820. The van der Waals surface area contributed by atoms with Gasteiger partial charge in [-0.15, -0.1) is 0 Å². The number of Topliss-reactive ketones (excluding diaryl/α,β-unsaturated/α-hetero) is 1. The Morgan fingerprint density at radius 1 is 1.41 bits per heavy atom. The van der Waals surface area contributed by atoms with Gasteiger partial charge in [0.1, 0.15) is 0 Å². The summed E-state index contributed by atoms with van der Waals surface area (Å²) in [6.07, 6.45) is 3.43. The molecule has 92 valence electrons. The highest BCUT2D eigenvalue weighted by Crippen LogP contribution is 2.43. The third-order valence-corrected chi connectivity index (χ3v) is 4.27. The van der Waals surface area contributed by atoms with E-state index in [4.69, 9.17) is 11.6 Å². The van der Waals surface area contributed by atoms with Crippen molar-refractivity contribution in [2.24, 2.45) is 0 Å². The van der Waals surface area contributed by atoms with Crippen LogP contribution in [0.1, 0.15) is 60.7 Å². The van der Waals surface area contributed by atoms with E-state index in [1.165, 1.54) is 23.1 Å². The number of rotatable bonds is 1. The molecular formula is C15H19ClO. The zero-order chi connectivity index (χ0) is 12.8. The molecule has 2 rings (SSSR count). The van der Waals surface area contributed by atoms with Gasteiger partial charge in [-0.05, 0) is 61.3 Å². The van der Waals surface area contributed by atoms with Gasteiger partial charge < -0.3 is 0 Å². The van der Waals surface area contributed by atoms with Gasteiger partial charge in [0, 0.05) is 5.56 Å². The molecule has 0 saturated heterocycles. The van der Waals surface area contributed by atoms with Crippen LogP contribution in [0.2, 0.25) is 5.02 Å². The first-order chi connectivity index (χ1) is 7.84. The van der Waals surface area contributed by atoms with Crippen molar-refractivity contribution < 1.29 is 4.79 Å². The minimum absolute atomic E-state index is 0.0577. The number of carbonyl (C=O) groups excluding carboxylic acids is 1. The summed E-state index contributed by atoms with van der Waals surface area (Å²) in [6, 6.07) is 1.95. The van der Waals surface area contributed by atoms with Crippen molar-refractivity contribution in [3.8, 4) is 0 Å². The van der Waals surface area contributed by atoms with Crippen LogP contribution in [0.3, 0.4) is 0 Å². The highest BCUT2D eigenvalue weighted by molar-refractivity contribution is 6.35. The SMILES string of the molecule is CC(=O)c1cc(C)c2c(c1Cl)C(C)(C)CCC2. The Bertz CT molecular complexity index is 486. The molecule has 0 heterocycles. The standard InChI is InChI=1S/C15H19ClO/c1-9-8-12(10(2)17)14(16)13-11(9)6-5-7-15(13,3)4/h8H,5-7H2,1-4H3. The molecule has 0 spiro atoms. The van der Waals surface area contributed by atoms with Crippen molar-refractivity contribution in [2.75, 3.05) is 0 Å². The molecule has 0 radical (unpaired) electrons. The second-order valence-corrected chi connectivity index (χ2v) is 6.08. The lowest BCUT2D eigenvalue weighted by Gasteiger charge is -2.35. The van der Waals surface area contributed by atoms with Gasteiger partial charge >= 0.3 is 0 Å². The first-order valence-corrected chi connectivity index (χ1v) is 6.56. The maximum atomic E-state index is 11.6. The van der Waals surface area contributed by atoms with Gasteiger partial charge in [0.2, 0.25) is 0 Å². The van der Waals surface area contributed by atoms with Crippen LogP contribution in [0.4, 0.5) is 0 Å². The van der Waals surface area contributed by atoms with Gasteiger partial charge in [0.25, 0.3) is 0 Å². The monoisotopic (exact) mass is 250 g/mol. The molecule has 1 aromatic carbocycles. The van der Waals surface area contributed by atoms with Crippen LogP contribution in [0, 0.1) is 6.92 Å². The van der Waals surface area contributed by atoms with Crippen LogP contribution >= 0.6 is 11.6 Å². The van der Waals surface area contributed by atoms with E-state index in [2.05, 4.69) is 20.8 Å². The molecule has 1 aliphatic rings. The molecule has 0 aliphatic heterocycles. The summed E-state index contributed by atoms with van der Waals surface area (Å²) < 4.78 is 0. The van der Waals surface area contributed by atoms with Gasteiger partial charge in [-0.2, -0.15) is 0 Å². The van der Waals surface area contributed by atoms with Gasteiger partial charge in [-0.3, -0.25) is 4.79 Å². The van der Waals surface area contributed by atoms with Crippen LogP contribution in [-0.4, -0.2) is 5.78 Å². The van der Waals surface area contributed by atoms with Gasteiger partial charge in [-0.25, -0.2) is 0 Å². The Morgan fingerprint density at radius 2 is 2.06 bits per heavy atom. The minimum atomic E-state index is 0.0577. The molecule has 0 N–H and O–H groups in total. The smallest absolute Gasteiger partial charge is 0.161 e. The summed E-state index contributed by atoms with van der Waals surface area (Å²) in [6.45, 7) is 8.12. The third-order valence-electron chi connectivity index (χ3n) is 3.88. The predicted octanol–water partition coefficient (Wildman–Crippen LogP) is 4.46. The maximum Gasteiger partial charge on any atom is 0.161 e. The number of ketones is 1. The number of carbonyl (C=O) groups is 1. The summed E-state index contributed by atoms with van der Waals surface area (Å²) in [7, 11) is 0. The van der Waals surface area contributed by atoms with Crippen LogP contribution in [0.15, 0.2) is 6.07 Å². The molecule has 0 atom stereocenters. The molecule has 1 aromatic rings. The normalized spacial score (nSPS) is 17.7. The number of aryl methyl sites for hydroxylation is 1. The zero-order valence-corrected chi connectivity index (χ0v) is 11.7. The van der Waals surface area contributed by atoms with Crippen molar-refractivity contribution in [1.82, 2.24) is 0 Å². The van der Waals surface area contributed by atoms with Crippen molar-refractivity contribution in [3.63, 3.8) is 0 Å². The summed E-state index contributed by atoms with van der Waals surface area (Å²) in [5.41, 5.74) is 4.54. The quantitative estimate of drug-likeness (QED) is 0.673. The van der Waals surface area contributed by atoms with Crippen molar-refractivity contribution in [1.29, 1.82) is 0 Å². The topological polar surface area (TPSA) is 17.1 Å². The van der Waals surface area contributed by atoms with Gasteiger partial charge in [0.15, 0.2) is 5.78 Å². The lowest BCUT2D eigenvalue weighted by Crippen LogP contribution is -2.26. The van der Waals surface area contributed by atoms with Crippen LogP contribution in [0.25, 0.3) is 0 Å². The molecule has 0 amide bonds. The Labute approximate surface area is 108 Å². The fourth-order valence-electron chi connectivity index (χ4n) is 2.95. The van der Waals surface area contributed by atoms with E-state index < -0.39 is 0 Å². The third kappa shape index (κ3) is 2.01. The van der Waals surface area contributed by atoms with E-state index in [-0.39, 0.29) is 11.2 Å². The fourth-order valence-corrected chi connectivity index (χ4v) is 3.50. The first kappa shape index (κ1) is 12.6. The first-order valence-electron chi connectivity index (χ1n) is 6.18. The van der Waals surface area contributed by atoms with Crippen LogP contribution in [-0.2, 0) is 11.8 Å². The van der Waals surface area contributed by atoms with Crippen LogP contribution < -0.4 is 0 Å². The highest BCUT2D eigenvalue weighted by atomic mass is 35.5. The van der Waals surface area contributed by atoms with Crippen molar-refractivity contribution in [2.45, 2.75) is 52.4 Å². The summed E-state index contributed by atoms with van der Waals surface area (Å²) in [5, 5.41) is 0.683. The number of fused-ring (bicyclic) bond motifs is 1. The van der Waals surface area contributed by atoms with E-state index >= 15 is 0 Å². The molecule has 1 nitrogen and oxygen atoms in total. The number of benzene rings is 1. The molecule has 0 unspecified atom stereocenters. The molecule has 2 heteroatoms. The average Bonchev–Trinajstić information content (AvgIpc) is 2.21. The van der Waals surface area contributed by atoms with E-state index in [1.54, 1.807) is 6.92 Å². The molecule has 0 aromatic heterocycles. The van der Waals surface area contributed by atoms with E-state index in [1.807, 2.05) is 6.07 Å². The summed E-state index contributed by atoms with van der Waals surface area (Å²) in [5.74, 6) is 0.0577. The van der Waals surface area contributed by atoms with E-state index in [9.17, 15) is 4.79 Å². The number of hydrogen-bond acceptors (Lipinski definition) is 1. The van der Waals surface area contributed by atoms with Crippen LogP contribution in [0.5, 0.6) is 0 Å². The lowest BCUT2D eigenvalue weighted by molar-refractivity contribution is 0.101. The largest absolute Gasteiger partial charge is 0.294 e. The van der Waals surface area contributed by atoms with Crippen molar-refractivity contribution in [3.05, 3.63) is 33.3 Å². The van der Waals surface area contributed by atoms with Crippen molar-refractivity contribution >= 4 is 17.4 Å². The summed E-state index contributed by atoms with van der Waals surface area (Å²) in [4.78, 5) is 11.6. The number of halogens is 1. The molecule has 17 heavy (non-hydrogen) atoms. The molecule has 0 saturated carbocycles. The summed E-state index contributed by atoms with van der Waals surface area (Å²) >= 11 is 6.46. The molecule has 1 aliphatic carbocycles. The Kier molecular flexibility index (Phi) is 3.07. The Morgan fingerprint density at radius 3 is 2.65 bits per heavy atom. The molecule has 0 fully saturated rings. The zero-order valence-electron chi connectivity index (χ0n) is 11.0. The van der Waals surface area contributed by atoms with Gasteiger partial charge in [-0.1, -0.05) is 25.4 Å². The molecular weight excluding hydrogens is 232 g/mol. The fraction of sp³-hybridized carbons (Fsp3) is 0.533. The lowest BCUT2D eigenvalue weighted by atomic mass is 9.71. The van der Waals surface area contributed by atoms with Gasteiger partial charge in [0.05, 0.1) is 5.02 Å². The number of hydrogen-bond donors (Lipinski definition) is 0. The van der Waals surface area contributed by atoms with E-state index in [0.717, 1.165) is 12.8 Å². The maximum absolute atomic E-state index is 11.6. The average molecular weight is 251 g/mol. The predicted molar refractivity (Wildman–Crippen MR) is 72.2 cm³/mol. The minimum Gasteiger partial charge on any atom is -0.294 e. The highest BCUT2D eigenvalue weighted by Gasteiger charge is 2.32.